The molecule has 1 aliphatic heterocycles. The molecule has 0 aromatic heterocycles. The molecule has 1 heterocycles. The summed E-state index contributed by atoms with van der Waals surface area (Å²) in [5.74, 6) is 0.612. The third-order valence-electron chi connectivity index (χ3n) is 1.89. The number of hydrogen-bond donors (Lipinski definition) is 0. The molecule has 1 fully saturated rings. The van der Waals surface area contributed by atoms with Crippen molar-refractivity contribution in [2.75, 3.05) is 6.61 Å². The maximum atomic E-state index is 5.34. The van der Waals surface area contributed by atoms with Crippen LogP contribution in [0.5, 0.6) is 0 Å². The van der Waals surface area contributed by atoms with Gasteiger partial charge in [-0.2, -0.15) is 0 Å². The van der Waals surface area contributed by atoms with E-state index in [1.807, 2.05) is 0 Å². The van der Waals surface area contributed by atoms with E-state index in [2.05, 4.69) is 27.7 Å². The zero-order valence-electron chi connectivity index (χ0n) is 6.48. The Balaban J connectivity index is 2.45. The molecule has 0 N–H and O–H groups in total. The third kappa shape index (κ3) is 1.11. The maximum Gasteiger partial charge on any atom is 0.0673 e. The van der Waals surface area contributed by atoms with Gasteiger partial charge in [-0.3, -0.25) is 0 Å². The predicted octanol–water partition coefficient (Wildman–Crippen LogP) is 1.88. The Kier molecular flexibility index (Phi) is 1.55. The molecule has 0 aromatic carbocycles. The topological polar surface area (TPSA) is 9.23 Å². The quantitative estimate of drug-likeness (QED) is 0.522. The first kappa shape index (κ1) is 7.07. The summed E-state index contributed by atoms with van der Waals surface area (Å²) in [6, 6.07) is 0. The molecule has 1 radical (unpaired) electrons. The molecular weight excluding hydrogens is 112 g/mol. The highest BCUT2D eigenvalue weighted by molar-refractivity contribution is 4.94. The molecule has 0 spiro atoms. The van der Waals surface area contributed by atoms with Gasteiger partial charge in [-0.1, -0.05) is 20.8 Å². The first-order chi connectivity index (χ1) is 4.04. The van der Waals surface area contributed by atoms with Crippen LogP contribution in [0.3, 0.4) is 0 Å². The minimum Gasteiger partial charge on any atom is -0.377 e. The summed E-state index contributed by atoms with van der Waals surface area (Å²) in [4.78, 5) is 0. The van der Waals surface area contributed by atoms with Gasteiger partial charge in [-0.15, -0.1) is 0 Å². The van der Waals surface area contributed by atoms with E-state index in [-0.39, 0.29) is 5.41 Å². The van der Waals surface area contributed by atoms with Crippen LogP contribution in [-0.4, -0.2) is 12.7 Å². The Morgan fingerprint density at radius 1 is 1.67 bits per heavy atom. The lowest BCUT2D eigenvalue weighted by Crippen LogP contribution is -2.50. The van der Waals surface area contributed by atoms with Crippen LogP contribution in [-0.2, 0) is 4.74 Å². The largest absolute Gasteiger partial charge is 0.377 e. The van der Waals surface area contributed by atoms with Crippen LogP contribution < -0.4 is 0 Å². The van der Waals surface area contributed by atoms with Crippen LogP contribution in [0.15, 0.2) is 0 Å². The minimum absolute atomic E-state index is 0.189. The van der Waals surface area contributed by atoms with Gasteiger partial charge < -0.3 is 4.74 Å². The van der Waals surface area contributed by atoms with Crippen LogP contribution in [0.2, 0.25) is 0 Å². The Labute approximate surface area is 57.4 Å². The van der Waals surface area contributed by atoms with Gasteiger partial charge in [-0.25, -0.2) is 0 Å². The second-order valence-corrected chi connectivity index (χ2v) is 3.63. The highest BCUT2D eigenvalue weighted by atomic mass is 16.5. The van der Waals surface area contributed by atoms with E-state index >= 15 is 0 Å². The van der Waals surface area contributed by atoms with Gasteiger partial charge in [0.05, 0.1) is 12.7 Å². The summed E-state index contributed by atoms with van der Waals surface area (Å²) in [7, 11) is 0. The molecule has 1 heteroatoms. The second kappa shape index (κ2) is 1.98. The van der Waals surface area contributed by atoms with Gasteiger partial charge in [0.1, 0.15) is 0 Å². The number of ether oxygens (including phenoxy) is 1. The van der Waals surface area contributed by atoms with Crippen LogP contribution in [0.4, 0.5) is 0 Å². The average Bonchev–Trinajstić information content (AvgIpc) is 1.62. The summed E-state index contributed by atoms with van der Waals surface area (Å²) in [6.45, 7) is 11.4. The van der Waals surface area contributed by atoms with Crippen LogP contribution in [0.1, 0.15) is 20.8 Å². The summed E-state index contributed by atoms with van der Waals surface area (Å²) >= 11 is 0. The van der Waals surface area contributed by atoms with Gasteiger partial charge >= 0.3 is 0 Å². The van der Waals surface area contributed by atoms with E-state index in [9.17, 15) is 0 Å². The van der Waals surface area contributed by atoms with Crippen molar-refractivity contribution in [2.24, 2.45) is 11.3 Å². The van der Waals surface area contributed by atoms with Gasteiger partial charge in [-0.05, 0) is 12.8 Å². The van der Waals surface area contributed by atoms with Crippen molar-refractivity contribution >= 4 is 0 Å². The molecule has 2 unspecified atom stereocenters. The fourth-order valence-electron chi connectivity index (χ4n) is 1.46. The zero-order valence-corrected chi connectivity index (χ0v) is 6.48. The van der Waals surface area contributed by atoms with Gasteiger partial charge in [0, 0.05) is 5.41 Å². The SMILES string of the molecule is [CH2]C1(C)COC1C(C)C. The molecule has 53 valence electrons. The molecule has 0 aromatic rings. The molecule has 1 nitrogen and oxygen atoms in total. The van der Waals surface area contributed by atoms with Crippen molar-refractivity contribution in [3.63, 3.8) is 0 Å². The first-order valence-electron chi connectivity index (χ1n) is 3.51. The van der Waals surface area contributed by atoms with Crippen molar-refractivity contribution in [2.45, 2.75) is 26.9 Å². The van der Waals surface area contributed by atoms with Crippen molar-refractivity contribution in [3.8, 4) is 0 Å². The van der Waals surface area contributed by atoms with E-state index in [4.69, 9.17) is 4.74 Å². The molecule has 0 bridgehead atoms. The molecule has 1 aliphatic rings. The lowest BCUT2D eigenvalue weighted by molar-refractivity contribution is -0.173. The van der Waals surface area contributed by atoms with E-state index in [0.717, 1.165) is 6.61 Å². The number of rotatable bonds is 1. The van der Waals surface area contributed by atoms with Crippen LogP contribution in [0, 0.1) is 18.3 Å². The predicted molar refractivity (Wildman–Crippen MR) is 38.0 cm³/mol. The monoisotopic (exact) mass is 127 g/mol. The highest BCUT2D eigenvalue weighted by Crippen LogP contribution is 2.37. The van der Waals surface area contributed by atoms with Crippen molar-refractivity contribution < 1.29 is 4.74 Å². The van der Waals surface area contributed by atoms with Crippen molar-refractivity contribution in [1.82, 2.24) is 0 Å². The standard InChI is InChI=1S/C8H15O/c1-6(2)7-8(3,4)5-9-7/h6-7H,3,5H2,1-2,4H3. The maximum absolute atomic E-state index is 5.34. The van der Waals surface area contributed by atoms with E-state index in [0.29, 0.717) is 12.0 Å². The summed E-state index contributed by atoms with van der Waals surface area (Å²) in [6.07, 6.45) is 0.387. The fraction of sp³-hybridized carbons (Fsp3) is 0.875. The van der Waals surface area contributed by atoms with E-state index in [1.54, 1.807) is 0 Å². The molecule has 1 rings (SSSR count). The Bertz CT molecular complexity index is 105. The lowest BCUT2D eigenvalue weighted by Gasteiger charge is -2.46. The second-order valence-electron chi connectivity index (χ2n) is 3.63. The van der Waals surface area contributed by atoms with Crippen molar-refractivity contribution in [3.05, 3.63) is 6.92 Å². The van der Waals surface area contributed by atoms with Crippen LogP contribution >= 0.6 is 0 Å². The smallest absolute Gasteiger partial charge is 0.0673 e. The highest BCUT2D eigenvalue weighted by Gasteiger charge is 2.41. The fourth-order valence-corrected chi connectivity index (χ4v) is 1.46. The first-order valence-corrected chi connectivity index (χ1v) is 3.51. The Morgan fingerprint density at radius 3 is 2.22 bits per heavy atom. The molecule has 0 aliphatic carbocycles. The third-order valence-corrected chi connectivity index (χ3v) is 1.89. The molecule has 2 atom stereocenters. The van der Waals surface area contributed by atoms with Gasteiger partial charge in [0.15, 0.2) is 0 Å². The normalized spacial score (nSPS) is 32.3. The average molecular weight is 127 g/mol. The number of hydrogen-bond acceptors (Lipinski definition) is 1. The molecule has 0 amide bonds. The summed E-state index contributed by atoms with van der Waals surface area (Å²) in [5, 5.41) is 0. The van der Waals surface area contributed by atoms with E-state index < -0.39 is 0 Å². The lowest BCUT2D eigenvalue weighted by atomic mass is 9.77. The van der Waals surface area contributed by atoms with Gasteiger partial charge in [0.25, 0.3) is 0 Å². The Hall–Kier alpha value is -0.0400. The van der Waals surface area contributed by atoms with Crippen molar-refractivity contribution in [1.29, 1.82) is 0 Å². The zero-order chi connectivity index (χ0) is 7.07. The molecule has 1 saturated heterocycles. The molecule has 0 saturated carbocycles. The summed E-state index contributed by atoms with van der Waals surface area (Å²) < 4.78 is 5.34. The van der Waals surface area contributed by atoms with Crippen LogP contribution in [0.25, 0.3) is 0 Å². The molecule has 9 heavy (non-hydrogen) atoms. The van der Waals surface area contributed by atoms with E-state index in [1.165, 1.54) is 0 Å². The molecular formula is C8H15O. The minimum atomic E-state index is 0.189. The Morgan fingerprint density at radius 2 is 2.22 bits per heavy atom. The summed E-state index contributed by atoms with van der Waals surface area (Å²) in [5.41, 5.74) is 0.189. The van der Waals surface area contributed by atoms with Gasteiger partial charge in [0.2, 0.25) is 0 Å².